The second kappa shape index (κ2) is 15.3. The summed E-state index contributed by atoms with van der Waals surface area (Å²) in [6, 6.07) is 15.6. The summed E-state index contributed by atoms with van der Waals surface area (Å²) in [4.78, 5) is 29.3. The maximum absolute atomic E-state index is 12.1. The van der Waals surface area contributed by atoms with Gasteiger partial charge in [-0.3, -0.25) is 4.79 Å². The summed E-state index contributed by atoms with van der Waals surface area (Å²) >= 11 is 1.62. The minimum atomic E-state index is -0.490. The molecule has 1 aromatic heterocycles. The van der Waals surface area contributed by atoms with Gasteiger partial charge in [0.05, 0.1) is 6.61 Å². The predicted molar refractivity (Wildman–Crippen MR) is 144 cm³/mol. The topological polar surface area (TPSA) is 116 Å². The molecule has 4 N–H and O–H groups in total. The minimum Gasteiger partial charge on any atom is -0.491 e. The second-order valence-electron chi connectivity index (χ2n) is 8.55. The Morgan fingerprint density at radius 2 is 1.75 bits per heavy atom. The van der Waals surface area contributed by atoms with Crippen molar-refractivity contribution in [2.75, 3.05) is 33.1 Å². The number of imidazole rings is 1. The SMILES string of the molecule is COCCc1ccc(OCC(O)CNC(C)C)cc1.CSc1ccc(C(=O)c2[nH]c(=O)[nH]c2C)cc1. The first-order valence-electron chi connectivity index (χ1n) is 11.8. The van der Waals surface area contributed by atoms with Crippen molar-refractivity contribution < 1.29 is 19.4 Å². The molecule has 2 aromatic carbocycles. The average Bonchev–Trinajstić information content (AvgIpc) is 3.23. The lowest BCUT2D eigenvalue weighted by molar-refractivity contribution is 0.103. The molecule has 196 valence electrons. The third-order valence-corrected chi connectivity index (χ3v) is 5.96. The number of rotatable bonds is 12. The van der Waals surface area contributed by atoms with Crippen molar-refractivity contribution in [3.63, 3.8) is 0 Å². The van der Waals surface area contributed by atoms with Crippen LogP contribution in [0.2, 0.25) is 0 Å². The highest BCUT2D eigenvalue weighted by Gasteiger charge is 2.14. The van der Waals surface area contributed by atoms with Crippen molar-refractivity contribution in [3.8, 4) is 5.75 Å². The van der Waals surface area contributed by atoms with E-state index in [0.717, 1.165) is 23.7 Å². The fourth-order valence-electron chi connectivity index (χ4n) is 3.18. The molecule has 0 saturated heterocycles. The first kappa shape index (κ1) is 29.4. The number of thioether (sulfide) groups is 1. The van der Waals surface area contributed by atoms with E-state index >= 15 is 0 Å². The van der Waals surface area contributed by atoms with Crippen LogP contribution in [0.5, 0.6) is 5.75 Å². The molecule has 8 nitrogen and oxygen atoms in total. The van der Waals surface area contributed by atoms with E-state index in [1.54, 1.807) is 37.9 Å². The lowest BCUT2D eigenvalue weighted by atomic mass is 10.1. The molecule has 0 aliphatic rings. The lowest BCUT2D eigenvalue weighted by Gasteiger charge is -2.15. The van der Waals surface area contributed by atoms with E-state index in [2.05, 4.69) is 15.3 Å². The number of aliphatic hydroxyl groups excluding tert-OH is 1. The molecule has 1 heterocycles. The molecule has 0 radical (unpaired) electrons. The second-order valence-corrected chi connectivity index (χ2v) is 9.43. The van der Waals surface area contributed by atoms with E-state index in [9.17, 15) is 14.7 Å². The number of H-pyrrole nitrogens is 2. The molecule has 36 heavy (non-hydrogen) atoms. The standard InChI is InChI=1S/C15H25NO3.C12H12N2O2S/c1-12(2)16-10-14(17)11-19-15-6-4-13(5-7-15)8-9-18-3;1-7-10(14-12(16)13-7)11(15)8-3-5-9(17-2)6-4-8/h4-7,12,14,16-17H,8-11H2,1-3H3;3-6H,1-2H3,(H2,13,14,16). The van der Waals surface area contributed by atoms with Gasteiger partial charge in [-0.2, -0.15) is 0 Å². The largest absolute Gasteiger partial charge is 0.491 e. The molecule has 0 fully saturated rings. The van der Waals surface area contributed by atoms with E-state index in [0.29, 0.717) is 36.1 Å². The third kappa shape index (κ3) is 10.0. The Bertz CT molecular complexity index is 1110. The Balaban J connectivity index is 0.000000255. The average molecular weight is 516 g/mol. The van der Waals surface area contributed by atoms with Crippen LogP contribution >= 0.6 is 11.8 Å². The molecule has 0 aliphatic carbocycles. The number of aryl methyl sites for hydroxylation is 1. The molecule has 3 aromatic rings. The van der Waals surface area contributed by atoms with Crippen molar-refractivity contribution in [2.24, 2.45) is 0 Å². The Morgan fingerprint density at radius 3 is 2.28 bits per heavy atom. The molecule has 3 rings (SSSR count). The summed E-state index contributed by atoms with van der Waals surface area (Å²) < 4.78 is 10.6. The van der Waals surface area contributed by atoms with Gasteiger partial charge in [-0.25, -0.2) is 4.79 Å². The van der Waals surface area contributed by atoms with Crippen LogP contribution in [0.4, 0.5) is 0 Å². The molecule has 1 atom stereocenters. The Hall–Kier alpha value is -2.85. The number of ketones is 1. The number of aliphatic hydroxyl groups is 1. The van der Waals surface area contributed by atoms with E-state index in [-0.39, 0.29) is 11.5 Å². The smallest absolute Gasteiger partial charge is 0.323 e. The summed E-state index contributed by atoms with van der Waals surface area (Å²) in [6.45, 7) is 7.36. The maximum Gasteiger partial charge on any atom is 0.323 e. The van der Waals surface area contributed by atoms with Crippen LogP contribution in [0.1, 0.15) is 41.2 Å². The van der Waals surface area contributed by atoms with E-state index < -0.39 is 6.10 Å². The van der Waals surface area contributed by atoms with Gasteiger partial charge in [-0.05, 0) is 61.6 Å². The molecule has 0 aliphatic heterocycles. The van der Waals surface area contributed by atoms with E-state index in [1.165, 1.54) is 5.56 Å². The van der Waals surface area contributed by atoms with Crippen LogP contribution in [0, 0.1) is 6.92 Å². The zero-order chi connectivity index (χ0) is 26.5. The number of methoxy groups -OCH3 is 1. The van der Waals surface area contributed by atoms with E-state index in [4.69, 9.17) is 9.47 Å². The molecule has 0 bridgehead atoms. The van der Waals surface area contributed by atoms with Gasteiger partial charge in [-0.1, -0.05) is 26.0 Å². The minimum absolute atomic E-state index is 0.173. The van der Waals surface area contributed by atoms with Crippen LogP contribution < -0.4 is 15.7 Å². The van der Waals surface area contributed by atoms with Crippen LogP contribution in [0.3, 0.4) is 0 Å². The Labute approximate surface area is 216 Å². The van der Waals surface area contributed by atoms with Gasteiger partial charge in [0.1, 0.15) is 24.2 Å². The maximum atomic E-state index is 12.1. The molecular formula is C27H37N3O5S. The number of aromatic nitrogens is 2. The summed E-state index contributed by atoms with van der Waals surface area (Å²) in [5.74, 6) is 0.610. The fraction of sp³-hybridized carbons (Fsp3) is 0.407. The number of carbonyl (C=O) groups is 1. The molecule has 9 heteroatoms. The van der Waals surface area contributed by atoms with Gasteiger partial charge < -0.3 is 29.9 Å². The van der Waals surface area contributed by atoms with Gasteiger partial charge in [0, 0.05) is 35.8 Å². The number of nitrogens with one attached hydrogen (secondary N) is 3. The Morgan fingerprint density at radius 1 is 1.08 bits per heavy atom. The van der Waals surface area contributed by atoms with Crippen molar-refractivity contribution in [1.29, 1.82) is 0 Å². The molecular weight excluding hydrogens is 478 g/mol. The third-order valence-electron chi connectivity index (χ3n) is 5.22. The lowest BCUT2D eigenvalue weighted by Crippen LogP contribution is -2.35. The molecule has 0 spiro atoms. The fourth-order valence-corrected chi connectivity index (χ4v) is 3.59. The molecule has 1 unspecified atom stereocenters. The number of hydrogen-bond acceptors (Lipinski definition) is 7. The first-order chi connectivity index (χ1) is 17.2. The number of hydrogen-bond donors (Lipinski definition) is 4. The highest BCUT2D eigenvalue weighted by atomic mass is 32.2. The molecule has 0 amide bonds. The van der Waals surface area contributed by atoms with Crippen molar-refractivity contribution >= 4 is 17.5 Å². The van der Waals surface area contributed by atoms with Gasteiger partial charge in [0.15, 0.2) is 0 Å². The number of benzene rings is 2. The van der Waals surface area contributed by atoms with Crippen LogP contribution in [-0.4, -0.2) is 66.1 Å². The normalized spacial score (nSPS) is 11.6. The van der Waals surface area contributed by atoms with Gasteiger partial charge in [-0.15, -0.1) is 11.8 Å². The quantitative estimate of drug-likeness (QED) is 0.215. The van der Waals surface area contributed by atoms with Gasteiger partial charge >= 0.3 is 5.69 Å². The van der Waals surface area contributed by atoms with Crippen LogP contribution in [0.15, 0.2) is 58.2 Å². The monoisotopic (exact) mass is 515 g/mol. The highest BCUT2D eigenvalue weighted by Crippen LogP contribution is 2.17. The summed E-state index contributed by atoms with van der Waals surface area (Å²) in [6.07, 6.45) is 2.39. The summed E-state index contributed by atoms with van der Waals surface area (Å²) in [5.41, 5.74) is 2.32. The first-order valence-corrected chi connectivity index (χ1v) is 13.1. The zero-order valence-corrected chi connectivity index (χ0v) is 22.4. The van der Waals surface area contributed by atoms with Gasteiger partial charge in [0.25, 0.3) is 0 Å². The molecule has 0 saturated carbocycles. The van der Waals surface area contributed by atoms with Crippen molar-refractivity contribution in [3.05, 3.63) is 81.5 Å². The number of ether oxygens (including phenoxy) is 2. The summed E-state index contributed by atoms with van der Waals surface area (Å²) in [5, 5.41) is 12.9. The summed E-state index contributed by atoms with van der Waals surface area (Å²) in [7, 11) is 1.70. The van der Waals surface area contributed by atoms with Crippen molar-refractivity contribution in [2.45, 2.75) is 44.2 Å². The van der Waals surface area contributed by atoms with Crippen LogP contribution in [-0.2, 0) is 11.2 Å². The zero-order valence-electron chi connectivity index (χ0n) is 21.6. The van der Waals surface area contributed by atoms with E-state index in [1.807, 2.05) is 56.5 Å². The van der Waals surface area contributed by atoms with Crippen LogP contribution in [0.25, 0.3) is 0 Å². The number of aromatic amines is 2. The van der Waals surface area contributed by atoms with Crippen molar-refractivity contribution in [1.82, 2.24) is 15.3 Å². The number of carbonyl (C=O) groups excluding carboxylic acids is 1. The Kier molecular flexibility index (Phi) is 12.5. The highest BCUT2D eigenvalue weighted by molar-refractivity contribution is 7.98. The predicted octanol–water partition coefficient (Wildman–Crippen LogP) is 3.58. The van der Waals surface area contributed by atoms with Gasteiger partial charge in [0.2, 0.25) is 5.78 Å².